The summed E-state index contributed by atoms with van der Waals surface area (Å²) in [4.78, 5) is 13.5. The summed E-state index contributed by atoms with van der Waals surface area (Å²) in [5, 5.41) is 2.92. The van der Waals surface area contributed by atoms with E-state index in [0.29, 0.717) is 6.42 Å². The molecule has 3 heteroatoms. The van der Waals surface area contributed by atoms with Crippen LogP contribution in [0, 0.1) is 5.92 Å². The van der Waals surface area contributed by atoms with Crippen LogP contribution < -0.4 is 5.32 Å². The van der Waals surface area contributed by atoms with Crippen molar-refractivity contribution in [2.45, 2.75) is 39.5 Å². The molecular formula is C12H24N2O. The van der Waals surface area contributed by atoms with Gasteiger partial charge in [0.2, 0.25) is 5.91 Å². The van der Waals surface area contributed by atoms with Crippen molar-refractivity contribution >= 4 is 5.91 Å². The predicted molar refractivity (Wildman–Crippen MR) is 62.8 cm³/mol. The van der Waals surface area contributed by atoms with E-state index in [1.54, 1.807) is 0 Å². The van der Waals surface area contributed by atoms with Crippen LogP contribution in [-0.2, 0) is 4.79 Å². The zero-order chi connectivity index (χ0) is 11.1. The van der Waals surface area contributed by atoms with E-state index in [1.807, 2.05) is 6.92 Å². The molecule has 0 aliphatic carbocycles. The molecule has 0 aromatic rings. The number of likely N-dealkylation sites (tertiary alicyclic amines) is 1. The molecular weight excluding hydrogens is 188 g/mol. The second kappa shape index (κ2) is 6.83. The minimum absolute atomic E-state index is 0.169. The summed E-state index contributed by atoms with van der Waals surface area (Å²) < 4.78 is 0. The lowest BCUT2D eigenvalue weighted by Crippen LogP contribution is -2.36. The van der Waals surface area contributed by atoms with Crippen molar-refractivity contribution in [1.82, 2.24) is 10.2 Å². The summed E-state index contributed by atoms with van der Waals surface area (Å²) >= 11 is 0. The lowest BCUT2D eigenvalue weighted by atomic mass is 10.0. The number of carbonyl (C=O) groups is 1. The Hall–Kier alpha value is -0.570. The molecule has 3 nitrogen and oxygen atoms in total. The first-order valence-corrected chi connectivity index (χ1v) is 6.21. The van der Waals surface area contributed by atoms with E-state index in [1.165, 1.54) is 25.9 Å². The number of piperidine rings is 1. The topological polar surface area (TPSA) is 32.3 Å². The minimum Gasteiger partial charge on any atom is -0.356 e. The fourth-order valence-electron chi connectivity index (χ4n) is 2.15. The third-order valence-electron chi connectivity index (χ3n) is 3.04. The number of amides is 1. The number of nitrogens with one attached hydrogen (secondary N) is 1. The van der Waals surface area contributed by atoms with E-state index in [4.69, 9.17) is 0 Å². The van der Waals surface area contributed by atoms with Crippen LogP contribution in [0.4, 0.5) is 0 Å². The van der Waals surface area contributed by atoms with Crippen molar-refractivity contribution in [3.8, 4) is 0 Å². The first-order valence-electron chi connectivity index (χ1n) is 6.21. The predicted octanol–water partition coefficient (Wildman–Crippen LogP) is 1.63. The maximum Gasteiger partial charge on any atom is 0.219 e. The Morgan fingerprint density at radius 3 is 3.00 bits per heavy atom. The van der Waals surface area contributed by atoms with Crippen molar-refractivity contribution < 1.29 is 4.79 Å². The molecule has 0 aromatic heterocycles. The van der Waals surface area contributed by atoms with Crippen molar-refractivity contribution in [2.75, 3.05) is 26.2 Å². The molecule has 1 fully saturated rings. The SMILES string of the molecule is CCC(=O)NCCCN1CCC[C@H](C)C1. The summed E-state index contributed by atoms with van der Waals surface area (Å²) in [5.74, 6) is 1.02. The van der Waals surface area contributed by atoms with Crippen LogP contribution in [0.3, 0.4) is 0 Å². The lowest BCUT2D eigenvalue weighted by molar-refractivity contribution is -0.120. The van der Waals surface area contributed by atoms with Gasteiger partial charge in [-0.3, -0.25) is 4.79 Å². The summed E-state index contributed by atoms with van der Waals surface area (Å²) in [5.41, 5.74) is 0. The second-order valence-electron chi connectivity index (χ2n) is 4.61. The molecule has 1 aliphatic rings. The van der Waals surface area contributed by atoms with Crippen LogP contribution in [0.5, 0.6) is 0 Å². The molecule has 1 N–H and O–H groups in total. The van der Waals surface area contributed by atoms with Crippen molar-refractivity contribution in [3.05, 3.63) is 0 Å². The number of nitrogens with zero attached hydrogens (tertiary/aromatic N) is 1. The Kier molecular flexibility index (Phi) is 5.69. The van der Waals surface area contributed by atoms with Crippen molar-refractivity contribution in [2.24, 2.45) is 5.92 Å². The third-order valence-corrected chi connectivity index (χ3v) is 3.04. The van der Waals surface area contributed by atoms with Gasteiger partial charge in [0.15, 0.2) is 0 Å². The van der Waals surface area contributed by atoms with Crippen LogP contribution in [0.15, 0.2) is 0 Å². The molecule has 1 rings (SSSR count). The van der Waals surface area contributed by atoms with Crippen molar-refractivity contribution in [1.29, 1.82) is 0 Å². The molecule has 1 saturated heterocycles. The van der Waals surface area contributed by atoms with E-state index in [2.05, 4.69) is 17.1 Å². The third kappa shape index (κ3) is 5.17. The average Bonchev–Trinajstić information content (AvgIpc) is 2.24. The van der Waals surface area contributed by atoms with E-state index < -0.39 is 0 Å². The lowest BCUT2D eigenvalue weighted by Gasteiger charge is -2.30. The van der Waals surface area contributed by atoms with Crippen LogP contribution in [0.1, 0.15) is 39.5 Å². The smallest absolute Gasteiger partial charge is 0.219 e. The Morgan fingerprint density at radius 2 is 2.33 bits per heavy atom. The van der Waals surface area contributed by atoms with Gasteiger partial charge in [-0.1, -0.05) is 13.8 Å². The zero-order valence-corrected chi connectivity index (χ0v) is 10.1. The maximum atomic E-state index is 11.0. The molecule has 0 spiro atoms. The summed E-state index contributed by atoms with van der Waals surface area (Å²) in [6, 6.07) is 0. The van der Waals surface area contributed by atoms with Crippen LogP contribution in [0.2, 0.25) is 0 Å². The van der Waals surface area contributed by atoms with E-state index in [0.717, 1.165) is 25.4 Å². The second-order valence-corrected chi connectivity index (χ2v) is 4.61. The summed E-state index contributed by atoms with van der Waals surface area (Å²) in [6.07, 6.45) is 4.39. The van der Waals surface area contributed by atoms with Gasteiger partial charge < -0.3 is 10.2 Å². The standard InChI is InChI=1S/C12H24N2O/c1-3-12(15)13-7-5-9-14-8-4-6-11(2)10-14/h11H,3-10H2,1-2H3,(H,13,15)/t11-/m0/s1. The van der Waals surface area contributed by atoms with E-state index in [-0.39, 0.29) is 5.91 Å². The van der Waals surface area contributed by atoms with Gasteiger partial charge in [-0.15, -0.1) is 0 Å². The zero-order valence-electron chi connectivity index (χ0n) is 10.1. The van der Waals surface area contributed by atoms with E-state index >= 15 is 0 Å². The molecule has 0 radical (unpaired) electrons. The van der Waals surface area contributed by atoms with E-state index in [9.17, 15) is 4.79 Å². The number of rotatable bonds is 5. The highest BCUT2D eigenvalue weighted by atomic mass is 16.1. The minimum atomic E-state index is 0.169. The summed E-state index contributed by atoms with van der Waals surface area (Å²) in [6.45, 7) is 8.66. The van der Waals surface area contributed by atoms with Crippen LogP contribution in [0.25, 0.3) is 0 Å². The monoisotopic (exact) mass is 212 g/mol. The maximum absolute atomic E-state index is 11.0. The first kappa shape index (κ1) is 12.5. The molecule has 0 bridgehead atoms. The molecule has 0 unspecified atom stereocenters. The quantitative estimate of drug-likeness (QED) is 0.703. The van der Waals surface area contributed by atoms with Crippen molar-refractivity contribution in [3.63, 3.8) is 0 Å². The largest absolute Gasteiger partial charge is 0.356 e. The fraction of sp³-hybridized carbons (Fsp3) is 0.917. The van der Waals surface area contributed by atoms with Gasteiger partial charge in [0.1, 0.15) is 0 Å². The van der Waals surface area contributed by atoms with Gasteiger partial charge in [-0.05, 0) is 38.3 Å². The Bertz CT molecular complexity index is 194. The molecule has 0 saturated carbocycles. The first-order chi connectivity index (χ1) is 7.22. The number of hydrogen-bond acceptors (Lipinski definition) is 2. The molecule has 1 aliphatic heterocycles. The molecule has 1 atom stereocenters. The normalized spacial score (nSPS) is 22.7. The van der Waals surface area contributed by atoms with Gasteiger partial charge in [0, 0.05) is 19.5 Å². The Labute approximate surface area is 93.2 Å². The number of carbonyl (C=O) groups excluding carboxylic acids is 1. The molecule has 1 amide bonds. The molecule has 88 valence electrons. The highest BCUT2D eigenvalue weighted by Crippen LogP contribution is 2.15. The number of hydrogen-bond donors (Lipinski definition) is 1. The average molecular weight is 212 g/mol. The highest BCUT2D eigenvalue weighted by Gasteiger charge is 2.15. The van der Waals surface area contributed by atoms with Gasteiger partial charge in [-0.2, -0.15) is 0 Å². The molecule has 15 heavy (non-hydrogen) atoms. The molecule has 0 aromatic carbocycles. The van der Waals surface area contributed by atoms with Crippen LogP contribution in [-0.4, -0.2) is 37.0 Å². The molecule has 1 heterocycles. The van der Waals surface area contributed by atoms with Gasteiger partial charge in [-0.25, -0.2) is 0 Å². The highest BCUT2D eigenvalue weighted by molar-refractivity contribution is 5.75. The summed E-state index contributed by atoms with van der Waals surface area (Å²) in [7, 11) is 0. The van der Waals surface area contributed by atoms with Crippen LogP contribution >= 0.6 is 0 Å². The van der Waals surface area contributed by atoms with Gasteiger partial charge in [0.05, 0.1) is 0 Å². The Balaban J connectivity index is 2.02. The van der Waals surface area contributed by atoms with Gasteiger partial charge >= 0.3 is 0 Å². The van der Waals surface area contributed by atoms with Gasteiger partial charge in [0.25, 0.3) is 0 Å². The fourth-order valence-corrected chi connectivity index (χ4v) is 2.15. The Morgan fingerprint density at radius 1 is 1.53 bits per heavy atom.